The van der Waals surface area contributed by atoms with Gasteiger partial charge in [0.2, 0.25) is 0 Å². The maximum Gasteiger partial charge on any atom is 0.0916 e. The fourth-order valence-corrected chi connectivity index (χ4v) is 0.829. The lowest BCUT2D eigenvalue weighted by molar-refractivity contribution is -0.0576. The molecule has 0 saturated heterocycles. The zero-order valence-electron chi connectivity index (χ0n) is 9.85. The molecular formula is C10H24N2O2. The SMILES string of the molecule is CCCNCNOCCOC(C)(C)C. The van der Waals surface area contributed by atoms with Crippen LogP contribution in [0.3, 0.4) is 0 Å². The molecule has 0 fully saturated rings. The number of nitrogens with one attached hydrogen (secondary N) is 2. The number of ether oxygens (including phenoxy) is 1. The molecule has 0 aromatic heterocycles. The fourth-order valence-electron chi connectivity index (χ4n) is 0.829. The summed E-state index contributed by atoms with van der Waals surface area (Å²) in [5, 5.41) is 3.17. The van der Waals surface area contributed by atoms with E-state index in [2.05, 4.69) is 17.7 Å². The van der Waals surface area contributed by atoms with Gasteiger partial charge in [-0.1, -0.05) is 6.92 Å². The molecule has 4 nitrogen and oxygen atoms in total. The lowest BCUT2D eigenvalue weighted by Gasteiger charge is -2.19. The van der Waals surface area contributed by atoms with Crippen LogP contribution >= 0.6 is 0 Å². The summed E-state index contributed by atoms with van der Waals surface area (Å²) in [7, 11) is 0. The van der Waals surface area contributed by atoms with E-state index in [1.165, 1.54) is 0 Å². The molecule has 0 aliphatic heterocycles. The van der Waals surface area contributed by atoms with Gasteiger partial charge in [-0.3, -0.25) is 4.84 Å². The molecule has 0 atom stereocenters. The Morgan fingerprint density at radius 3 is 2.43 bits per heavy atom. The van der Waals surface area contributed by atoms with Gasteiger partial charge in [0.25, 0.3) is 0 Å². The second-order valence-electron chi connectivity index (χ2n) is 4.13. The molecule has 0 aliphatic rings. The molecule has 0 amide bonds. The minimum atomic E-state index is -0.0795. The first-order valence-electron chi connectivity index (χ1n) is 5.25. The van der Waals surface area contributed by atoms with Gasteiger partial charge in [0.15, 0.2) is 0 Å². The van der Waals surface area contributed by atoms with Gasteiger partial charge in [0, 0.05) is 0 Å². The van der Waals surface area contributed by atoms with Crippen molar-refractivity contribution in [2.45, 2.75) is 39.7 Å². The molecule has 0 unspecified atom stereocenters. The van der Waals surface area contributed by atoms with Crippen molar-refractivity contribution >= 4 is 0 Å². The summed E-state index contributed by atoms with van der Waals surface area (Å²) in [6.45, 7) is 11.1. The molecule has 0 aromatic carbocycles. The van der Waals surface area contributed by atoms with Crippen molar-refractivity contribution < 1.29 is 9.57 Å². The van der Waals surface area contributed by atoms with E-state index in [4.69, 9.17) is 9.57 Å². The average molecular weight is 204 g/mol. The molecule has 0 rings (SSSR count). The van der Waals surface area contributed by atoms with Crippen LogP contribution in [0, 0.1) is 0 Å². The van der Waals surface area contributed by atoms with E-state index >= 15 is 0 Å². The third kappa shape index (κ3) is 11.8. The van der Waals surface area contributed by atoms with Crippen LogP contribution in [0.25, 0.3) is 0 Å². The van der Waals surface area contributed by atoms with Crippen LogP contribution in [0.15, 0.2) is 0 Å². The van der Waals surface area contributed by atoms with Crippen LogP contribution in [0.2, 0.25) is 0 Å². The van der Waals surface area contributed by atoms with Gasteiger partial charge in [-0.05, 0) is 33.7 Å². The van der Waals surface area contributed by atoms with E-state index in [0.717, 1.165) is 13.0 Å². The van der Waals surface area contributed by atoms with Gasteiger partial charge in [-0.15, -0.1) is 0 Å². The molecule has 0 radical (unpaired) electrons. The number of rotatable bonds is 8. The quantitative estimate of drug-likeness (QED) is 0.355. The lowest BCUT2D eigenvalue weighted by Crippen LogP contribution is -2.31. The van der Waals surface area contributed by atoms with Crippen LogP contribution in [0.1, 0.15) is 34.1 Å². The summed E-state index contributed by atoms with van der Waals surface area (Å²) in [6.07, 6.45) is 1.13. The molecule has 4 heteroatoms. The Balaban J connectivity index is 2.99. The highest BCUT2D eigenvalue weighted by Gasteiger charge is 2.08. The molecule has 0 aromatic rings. The molecule has 0 bridgehead atoms. The molecular weight excluding hydrogens is 180 g/mol. The minimum absolute atomic E-state index is 0.0795. The second kappa shape index (κ2) is 8.17. The normalized spacial score (nSPS) is 12.0. The molecule has 2 N–H and O–H groups in total. The Kier molecular flexibility index (Phi) is 8.08. The van der Waals surface area contributed by atoms with Crippen LogP contribution in [-0.2, 0) is 9.57 Å². The summed E-state index contributed by atoms with van der Waals surface area (Å²) in [4.78, 5) is 5.14. The highest BCUT2D eigenvalue weighted by molar-refractivity contribution is 4.57. The minimum Gasteiger partial charge on any atom is -0.373 e. The Morgan fingerprint density at radius 2 is 1.86 bits per heavy atom. The predicted octanol–water partition coefficient (Wildman–Crippen LogP) is 1.28. The molecule has 14 heavy (non-hydrogen) atoms. The van der Waals surface area contributed by atoms with Gasteiger partial charge in [-0.25, -0.2) is 0 Å². The van der Waals surface area contributed by atoms with E-state index in [0.29, 0.717) is 19.9 Å². The summed E-state index contributed by atoms with van der Waals surface area (Å²) in [5.74, 6) is 0. The molecule has 86 valence electrons. The smallest absolute Gasteiger partial charge is 0.0916 e. The van der Waals surface area contributed by atoms with Crippen molar-refractivity contribution in [2.75, 3.05) is 26.4 Å². The number of hydrogen-bond donors (Lipinski definition) is 2. The monoisotopic (exact) mass is 204 g/mol. The van der Waals surface area contributed by atoms with Crippen molar-refractivity contribution in [1.82, 2.24) is 10.8 Å². The van der Waals surface area contributed by atoms with Gasteiger partial charge in [-0.2, -0.15) is 5.48 Å². The highest BCUT2D eigenvalue weighted by atomic mass is 16.7. The topological polar surface area (TPSA) is 42.5 Å². The first-order valence-corrected chi connectivity index (χ1v) is 5.25. The number of hydroxylamine groups is 1. The zero-order valence-corrected chi connectivity index (χ0v) is 9.85. The second-order valence-corrected chi connectivity index (χ2v) is 4.13. The number of hydrogen-bond acceptors (Lipinski definition) is 4. The lowest BCUT2D eigenvalue weighted by atomic mass is 10.2. The maximum absolute atomic E-state index is 5.47. The summed E-state index contributed by atoms with van der Waals surface area (Å²) in [5.41, 5.74) is 2.74. The van der Waals surface area contributed by atoms with E-state index < -0.39 is 0 Å². The van der Waals surface area contributed by atoms with Crippen molar-refractivity contribution in [1.29, 1.82) is 0 Å². The molecule has 0 saturated carbocycles. The van der Waals surface area contributed by atoms with Gasteiger partial charge < -0.3 is 10.1 Å². The third-order valence-electron chi connectivity index (χ3n) is 1.45. The standard InChI is InChI=1S/C10H24N2O2/c1-5-6-11-9-12-14-8-7-13-10(2,3)4/h11-12H,5-9H2,1-4H3. The van der Waals surface area contributed by atoms with Gasteiger partial charge in [0.05, 0.1) is 25.5 Å². The molecule has 0 aliphatic carbocycles. The molecule has 0 heterocycles. The average Bonchev–Trinajstić information content (AvgIpc) is 2.08. The van der Waals surface area contributed by atoms with Gasteiger partial charge >= 0.3 is 0 Å². The van der Waals surface area contributed by atoms with E-state index in [1.54, 1.807) is 0 Å². The van der Waals surface area contributed by atoms with Crippen LogP contribution in [-0.4, -0.2) is 32.0 Å². The largest absolute Gasteiger partial charge is 0.373 e. The fraction of sp³-hybridized carbons (Fsp3) is 1.00. The van der Waals surface area contributed by atoms with E-state index in [-0.39, 0.29) is 5.60 Å². The van der Waals surface area contributed by atoms with Crippen LogP contribution in [0.5, 0.6) is 0 Å². The van der Waals surface area contributed by atoms with Crippen LogP contribution < -0.4 is 10.8 Å². The van der Waals surface area contributed by atoms with Crippen molar-refractivity contribution in [3.05, 3.63) is 0 Å². The van der Waals surface area contributed by atoms with E-state index in [9.17, 15) is 0 Å². The van der Waals surface area contributed by atoms with Crippen molar-refractivity contribution in [3.8, 4) is 0 Å². The molecule has 0 spiro atoms. The van der Waals surface area contributed by atoms with Crippen molar-refractivity contribution in [2.24, 2.45) is 0 Å². The summed E-state index contributed by atoms with van der Waals surface area (Å²) >= 11 is 0. The maximum atomic E-state index is 5.47. The summed E-state index contributed by atoms with van der Waals surface area (Å²) in [6, 6.07) is 0. The Labute approximate surface area is 87.3 Å². The zero-order chi connectivity index (χ0) is 10.9. The predicted molar refractivity (Wildman–Crippen MR) is 58.0 cm³/mol. The Morgan fingerprint density at radius 1 is 1.14 bits per heavy atom. The Hall–Kier alpha value is -0.160. The Bertz CT molecular complexity index is 124. The van der Waals surface area contributed by atoms with Crippen LogP contribution in [0.4, 0.5) is 0 Å². The van der Waals surface area contributed by atoms with Gasteiger partial charge in [0.1, 0.15) is 0 Å². The van der Waals surface area contributed by atoms with E-state index in [1.807, 2.05) is 20.8 Å². The third-order valence-corrected chi connectivity index (χ3v) is 1.45. The first-order chi connectivity index (χ1) is 6.56. The first kappa shape index (κ1) is 13.8. The highest BCUT2D eigenvalue weighted by Crippen LogP contribution is 2.05. The van der Waals surface area contributed by atoms with Crippen molar-refractivity contribution in [3.63, 3.8) is 0 Å². The summed E-state index contributed by atoms with van der Waals surface area (Å²) < 4.78 is 5.47.